The SMILES string of the molecule is O=C(NCCc1ccc(CN2CC=CC2)cc1)Oc1ccc(-c2ccc(Br)cc2)cc1. The maximum Gasteiger partial charge on any atom is 0.412 e. The Balaban J connectivity index is 1.20. The Hall–Kier alpha value is -2.89. The van der Waals surface area contributed by atoms with Crippen molar-refractivity contribution in [3.8, 4) is 16.9 Å². The van der Waals surface area contributed by atoms with Crippen LogP contribution in [0.1, 0.15) is 11.1 Å². The molecule has 5 heteroatoms. The second-order valence-electron chi connectivity index (χ2n) is 7.58. The van der Waals surface area contributed by atoms with Gasteiger partial charge in [-0.15, -0.1) is 0 Å². The van der Waals surface area contributed by atoms with E-state index < -0.39 is 6.09 Å². The minimum Gasteiger partial charge on any atom is -0.410 e. The molecule has 0 aromatic heterocycles. The highest BCUT2D eigenvalue weighted by molar-refractivity contribution is 9.10. The Morgan fingerprint density at radius 2 is 1.42 bits per heavy atom. The number of nitrogens with one attached hydrogen (secondary N) is 1. The van der Waals surface area contributed by atoms with Gasteiger partial charge in [0.05, 0.1) is 0 Å². The topological polar surface area (TPSA) is 41.6 Å². The summed E-state index contributed by atoms with van der Waals surface area (Å²) < 4.78 is 6.43. The molecule has 1 heterocycles. The first-order valence-electron chi connectivity index (χ1n) is 10.4. The Kier molecular flexibility index (Phi) is 7.18. The molecule has 0 aliphatic carbocycles. The lowest BCUT2D eigenvalue weighted by Crippen LogP contribution is -2.28. The normalized spacial score (nSPS) is 13.3. The molecule has 0 saturated carbocycles. The predicted octanol–water partition coefficient (Wildman–Crippen LogP) is 5.82. The molecule has 4 nitrogen and oxygen atoms in total. The third kappa shape index (κ3) is 6.29. The number of ether oxygens (including phenoxy) is 1. The molecule has 0 bridgehead atoms. The molecule has 0 unspecified atom stereocenters. The molecule has 158 valence electrons. The molecule has 31 heavy (non-hydrogen) atoms. The van der Waals surface area contributed by atoms with Crippen molar-refractivity contribution in [2.24, 2.45) is 0 Å². The molecular weight excluding hydrogens is 452 g/mol. The van der Waals surface area contributed by atoms with Crippen LogP contribution in [0.3, 0.4) is 0 Å². The Bertz CT molecular complexity index is 1020. The third-order valence-electron chi connectivity index (χ3n) is 5.25. The van der Waals surface area contributed by atoms with Gasteiger partial charge in [0, 0.05) is 30.7 Å². The fourth-order valence-electron chi connectivity index (χ4n) is 3.53. The Labute approximate surface area is 191 Å². The zero-order chi connectivity index (χ0) is 21.5. The van der Waals surface area contributed by atoms with Crippen LogP contribution in [0.4, 0.5) is 4.79 Å². The van der Waals surface area contributed by atoms with E-state index in [1.54, 1.807) is 0 Å². The number of benzene rings is 3. The highest BCUT2D eigenvalue weighted by Crippen LogP contribution is 2.24. The van der Waals surface area contributed by atoms with Crippen LogP contribution in [0.25, 0.3) is 11.1 Å². The van der Waals surface area contributed by atoms with E-state index in [1.807, 2.05) is 48.5 Å². The van der Waals surface area contributed by atoms with Crippen LogP contribution in [0.2, 0.25) is 0 Å². The van der Waals surface area contributed by atoms with Gasteiger partial charge in [-0.2, -0.15) is 0 Å². The molecule has 1 N–H and O–H groups in total. The molecule has 0 atom stereocenters. The van der Waals surface area contributed by atoms with Crippen molar-refractivity contribution in [2.75, 3.05) is 19.6 Å². The summed E-state index contributed by atoms with van der Waals surface area (Å²) in [7, 11) is 0. The first-order chi connectivity index (χ1) is 15.2. The smallest absolute Gasteiger partial charge is 0.410 e. The van der Waals surface area contributed by atoms with E-state index in [0.717, 1.165) is 41.7 Å². The van der Waals surface area contributed by atoms with Crippen molar-refractivity contribution < 1.29 is 9.53 Å². The van der Waals surface area contributed by atoms with Crippen LogP contribution in [0.5, 0.6) is 5.75 Å². The van der Waals surface area contributed by atoms with Crippen LogP contribution < -0.4 is 10.1 Å². The van der Waals surface area contributed by atoms with Gasteiger partial charge in [-0.05, 0) is 52.9 Å². The summed E-state index contributed by atoms with van der Waals surface area (Å²) in [6.07, 6.45) is 4.74. The van der Waals surface area contributed by atoms with Crippen molar-refractivity contribution in [1.82, 2.24) is 10.2 Å². The Morgan fingerprint density at radius 1 is 0.839 bits per heavy atom. The predicted molar refractivity (Wildman–Crippen MR) is 128 cm³/mol. The fraction of sp³-hybridized carbons (Fsp3) is 0.192. The molecule has 0 spiro atoms. The molecule has 1 aliphatic heterocycles. The quantitative estimate of drug-likeness (QED) is 0.436. The molecule has 3 aromatic rings. The van der Waals surface area contributed by atoms with E-state index in [0.29, 0.717) is 12.3 Å². The van der Waals surface area contributed by atoms with E-state index in [2.05, 4.69) is 62.6 Å². The summed E-state index contributed by atoms with van der Waals surface area (Å²) in [5, 5.41) is 2.82. The van der Waals surface area contributed by atoms with E-state index in [-0.39, 0.29) is 0 Å². The molecule has 0 saturated heterocycles. The summed E-state index contributed by atoms with van der Waals surface area (Å²) in [5.74, 6) is 0.527. The third-order valence-corrected chi connectivity index (χ3v) is 5.78. The second kappa shape index (κ2) is 10.4. The first kappa shape index (κ1) is 21.3. The van der Waals surface area contributed by atoms with Crippen LogP contribution in [-0.4, -0.2) is 30.6 Å². The van der Waals surface area contributed by atoms with Crippen LogP contribution in [0.15, 0.2) is 89.4 Å². The second-order valence-corrected chi connectivity index (χ2v) is 8.50. The number of amides is 1. The minimum absolute atomic E-state index is 0.436. The number of nitrogens with zero attached hydrogens (tertiary/aromatic N) is 1. The molecule has 1 aliphatic rings. The van der Waals surface area contributed by atoms with E-state index in [1.165, 1.54) is 11.1 Å². The molecular formula is C26H25BrN2O2. The lowest BCUT2D eigenvalue weighted by atomic mass is 10.1. The van der Waals surface area contributed by atoms with Crippen molar-refractivity contribution >= 4 is 22.0 Å². The van der Waals surface area contributed by atoms with E-state index >= 15 is 0 Å². The van der Waals surface area contributed by atoms with Crippen molar-refractivity contribution in [2.45, 2.75) is 13.0 Å². The molecule has 0 fully saturated rings. The van der Waals surface area contributed by atoms with Gasteiger partial charge in [0.25, 0.3) is 0 Å². The summed E-state index contributed by atoms with van der Waals surface area (Å²) >= 11 is 3.44. The first-order valence-corrected chi connectivity index (χ1v) is 11.2. The van der Waals surface area contributed by atoms with Gasteiger partial charge in [-0.1, -0.05) is 76.6 Å². The summed E-state index contributed by atoms with van der Waals surface area (Å²) in [6.45, 7) is 3.56. The van der Waals surface area contributed by atoms with Crippen molar-refractivity contribution in [3.63, 3.8) is 0 Å². The number of hydrogen-bond acceptors (Lipinski definition) is 3. The van der Waals surface area contributed by atoms with Gasteiger partial charge >= 0.3 is 6.09 Å². The average molecular weight is 477 g/mol. The highest BCUT2D eigenvalue weighted by atomic mass is 79.9. The minimum atomic E-state index is -0.436. The van der Waals surface area contributed by atoms with Crippen molar-refractivity contribution in [1.29, 1.82) is 0 Å². The van der Waals surface area contributed by atoms with Crippen LogP contribution in [0, 0.1) is 0 Å². The number of rotatable bonds is 7. The van der Waals surface area contributed by atoms with Gasteiger partial charge in [-0.25, -0.2) is 4.79 Å². The lowest BCUT2D eigenvalue weighted by Gasteiger charge is -2.14. The number of carbonyl (C=O) groups excluding carboxylic acids is 1. The summed E-state index contributed by atoms with van der Waals surface area (Å²) in [5.41, 5.74) is 4.70. The fourth-order valence-corrected chi connectivity index (χ4v) is 3.79. The summed E-state index contributed by atoms with van der Waals surface area (Å²) in [4.78, 5) is 14.5. The highest BCUT2D eigenvalue weighted by Gasteiger charge is 2.08. The van der Waals surface area contributed by atoms with Gasteiger partial charge in [-0.3, -0.25) is 4.90 Å². The van der Waals surface area contributed by atoms with E-state index in [9.17, 15) is 4.79 Å². The maximum atomic E-state index is 12.1. The van der Waals surface area contributed by atoms with Crippen LogP contribution >= 0.6 is 15.9 Å². The standard InChI is InChI=1S/C26H25BrN2O2/c27-24-11-7-22(8-12-24)23-9-13-25(14-10-23)31-26(30)28-16-15-20-3-5-21(6-4-20)19-29-17-1-2-18-29/h1-14H,15-19H2,(H,28,30). The lowest BCUT2D eigenvalue weighted by molar-refractivity contribution is 0.200. The molecule has 4 rings (SSSR count). The average Bonchev–Trinajstić information content (AvgIpc) is 3.29. The van der Waals surface area contributed by atoms with Gasteiger partial charge in [0.1, 0.15) is 5.75 Å². The van der Waals surface area contributed by atoms with Crippen molar-refractivity contribution in [3.05, 3.63) is 101 Å². The molecule has 0 radical (unpaired) electrons. The number of hydrogen-bond donors (Lipinski definition) is 1. The zero-order valence-corrected chi connectivity index (χ0v) is 18.8. The summed E-state index contributed by atoms with van der Waals surface area (Å²) in [6, 6.07) is 24.2. The van der Waals surface area contributed by atoms with E-state index in [4.69, 9.17) is 4.74 Å². The van der Waals surface area contributed by atoms with Gasteiger partial charge in [0.15, 0.2) is 0 Å². The number of carbonyl (C=O) groups is 1. The van der Waals surface area contributed by atoms with Gasteiger partial charge < -0.3 is 10.1 Å². The monoisotopic (exact) mass is 476 g/mol. The zero-order valence-electron chi connectivity index (χ0n) is 17.3. The Morgan fingerprint density at radius 3 is 2.06 bits per heavy atom. The maximum absolute atomic E-state index is 12.1. The van der Waals surface area contributed by atoms with Crippen LogP contribution in [-0.2, 0) is 13.0 Å². The largest absolute Gasteiger partial charge is 0.412 e. The molecule has 1 amide bonds. The number of halogens is 1. The van der Waals surface area contributed by atoms with Gasteiger partial charge in [0.2, 0.25) is 0 Å². The molecule has 3 aromatic carbocycles.